The molecule has 0 fully saturated rings. The maximum atomic E-state index is 11.4. The zero-order valence-corrected chi connectivity index (χ0v) is 21.2. The van der Waals surface area contributed by atoms with Crippen molar-refractivity contribution < 1.29 is 14.6 Å². The third-order valence-electron chi connectivity index (χ3n) is 6.52. The highest BCUT2D eigenvalue weighted by molar-refractivity contribution is 6.12. The Kier molecular flexibility index (Phi) is 9.82. The predicted octanol–water partition coefficient (Wildman–Crippen LogP) is 7.91. The van der Waals surface area contributed by atoms with Crippen molar-refractivity contribution >= 4 is 39.2 Å². The summed E-state index contributed by atoms with van der Waals surface area (Å²) in [7, 11) is 0. The number of aryl methyl sites for hydroxylation is 1. The normalized spacial score (nSPS) is 11.9. The van der Waals surface area contributed by atoms with E-state index in [4.69, 9.17) is 4.84 Å². The second-order valence-corrected chi connectivity index (χ2v) is 9.28. The van der Waals surface area contributed by atoms with E-state index in [0.29, 0.717) is 5.71 Å². The lowest BCUT2D eigenvalue weighted by molar-refractivity contribution is -0.384. The van der Waals surface area contributed by atoms with Crippen LogP contribution in [-0.2, 0) is 16.2 Å². The highest BCUT2D eigenvalue weighted by Crippen LogP contribution is 2.33. The van der Waals surface area contributed by atoms with Crippen LogP contribution in [0, 0.1) is 10.1 Å². The summed E-state index contributed by atoms with van der Waals surface area (Å²) in [5.74, 6) is -0.478. The van der Waals surface area contributed by atoms with Gasteiger partial charge in [-0.15, -0.1) is 0 Å². The van der Waals surface area contributed by atoms with Crippen molar-refractivity contribution in [3.8, 4) is 0 Å². The monoisotopic (exact) mass is 479 g/mol. The molecule has 0 radical (unpaired) electrons. The number of nitro groups is 1. The number of carbonyl (C=O) groups excluding carboxylic acids is 1. The number of benzene rings is 2. The van der Waals surface area contributed by atoms with Crippen LogP contribution < -0.4 is 0 Å². The minimum Gasteiger partial charge on any atom is -0.340 e. The fourth-order valence-electron chi connectivity index (χ4n) is 4.61. The lowest BCUT2D eigenvalue weighted by Crippen LogP contribution is -2.00. The molecule has 3 aromatic rings. The average molecular weight is 480 g/mol. The molecule has 7 nitrogen and oxygen atoms in total. The summed E-state index contributed by atoms with van der Waals surface area (Å²) in [5.41, 5.74) is 3.49. The Morgan fingerprint density at radius 1 is 0.886 bits per heavy atom. The molecule has 3 rings (SSSR count). The van der Waals surface area contributed by atoms with Gasteiger partial charge in [-0.3, -0.25) is 10.1 Å². The topological polar surface area (TPSA) is 86.7 Å². The molecule has 2 aromatic carbocycles. The smallest absolute Gasteiger partial charge is 0.331 e. The van der Waals surface area contributed by atoms with Gasteiger partial charge in [-0.25, -0.2) is 4.79 Å². The molecule has 0 atom stereocenters. The van der Waals surface area contributed by atoms with E-state index in [2.05, 4.69) is 16.6 Å². The number of rotatable bonds is 14. The van der Waals surface area contributed by atoms with Crippen molar-refractivity contribution in [2.24, 2.45) is 5.16 Å². The predicted molar refractivity (Wildman–Crippen MR) is 142 cm³/mol. The minimum atomic E-state index is -0.478. The summed E-state index contributed by atoms with van der Waals surface area (Å²) < 4.78 is 2.27. The molecule has 0 spiro atoms. The van der Waals surface area contributed by atoms with Crippen LogP contribution in [0.25, 0.3) is 21.8 Å². The lowest BCUT2D eigenvalue weighted by Gasteiger charge is -2.08. The van der Waals surface area contributed by atoms with E-state index in [9.17, 15) is 14.9 Å². The Balaban J connectivity index is 1.76. The SMILES string of the molecule is CCCCCCCCCCCCn1c2ccc(C(C)=NOC(C)=O)cc2c2cc([N+](=O)[O-])ccc21. The van der Waals surface area contributed by atoms with Gasteiger partial charge in [0.2, 0.25) is 0 Å². The summed E-state index contributed by atoms with van der Waals surface area (Å²) in [6.07, 6.45) is 12.8. The Hall–Kier alpha value is -3.22. The van der Waals surface area contributed by atoms with Crippen LogP contribution in [0.15, 0.2) is 41.6 Å². The van der Waals surface area contributed by atoms with E-state index in [0.717, 1.165) is 40.3 Å². The molecule has 1 heterocycles. The van der Waals surface area contributed by atoms with Crippen molar-refractivity contribution in [1.29, 1.82) is 0 Å². The summed E-state index contributed by atoms with van der Waals surface area (Å²) in [5, 5.41) is 17.1. The first-order valence-corrected chi connectivity index (χ1v) is 12.8. The molecule has 0 aliphatic rings. The van der Waals surface area contributed by atoms with Crippen molar-refractivity contribution in [2.45, 2.75) is 91.5 Å². The summed E-state index contributed by atoms with van der Waals surface area (Å²) in [6, 6.07) is 11.0. The third-order valence-corrected chi connectivity index (χ3v) is 6.52. The van der Waals surface area contributed by atoms with Crippen LogP contribution >= 0.6 is 0 Å². The second-order valence-electron chi connectivity index (χ2n) is 9.28. The quantitative estimate of drug-likeness (QED) is 0.0772. The van der Waals surface area contributed by atoms with Gasteiger partial charge in [0.1, 0.15) is 0 Å². The van der Waals surface area contributed by atoms with Gasteiger partial charge in [-0.2, -0.15) is 0 Å². The number of fused-ring (bicyclic) bond motifs is 3. The minimum absolute atomic E-state index is 0.0752. The van der Waals surface area contributed by atoms with Crippen LogP contribution in [-0.4, -0.2) is 21.2 Å². The van der Waals surface area contributed by atoms with E-state index >= 15 is 0 Å². The Morgan fingerprint density at radius 2 is 1.46 bits per heavy atom. The maximum Gasteiger partial charge on any atom is 0.331 e. The van der Waals surface area contributed by atoms with Crippen molar-refractivity contribution in [3.63, 3.8) is 0 Å². The Bertz CT molecular complexity index is 1200. The largest absolute Gasteiger partial charge is 0.340 e. The van der Waals surface area contributed by atoms with Gasteiger partial charge < -0.3 is 9.40 Å². The van der Waals surface area contributed by atoms with Gasteiger partial charge in [-0.05, 0) is 37.1 Å². The maximum absolute atomic E-state index is 11.4. The first-order valence-electron chi connectivity index (χ1n) is 12.8. The molecule has 7 heteroatoms. The van der Waals surface area contributed by atoms with Crippen LogP contribution in [0.1, 0.15) is 90.5 Å². The van der Waals surface area contributed by atoms with E-state index in [1.54, 1.807) is 19.1 Å². The molecular formula is C28H37N3O4. The number of carbonyl (C=O) groups is 1. The molecule has 0 saturated carbocycles. The molecule has 0 aliphatic carbocycles. The summed E-state index contributed by atoms with van der Waals surface area (Å²) >= 11 is 0. The molecule has 0 N–H and O–H groups in total. The highest BCUT2D eigenvalue weighted by atomic mass is 16.7. The van der Waals surface area contributed by atoms with Gasteiger partial charge in [-0.1, -0.05) is 75.9 Å². The molecule has 0 bridgehead atoms. The fraction of sp³-hybridized carbons (Fsp3) is 0.500. The number of nitro benzene ring substituents is 1. The number of hydrogen-bond donors (Lipinski definition) is 0. The zero-order chi connectivity index (χ0) is 25.2. The molecule has 188 valence electrons. The number of oxime groups is 1. The van der Waals surface area contributed by atoms with E-state index in [1.165, 1.54) is 64.7 Å². The van der Waals surface area contributed by atoms with E-state index in [-0.39, 0.29) is 10.6 Å². The van der Waals surface area contributed by atoms with E-state index in [1.807, 2.05) is 24.3 Å². The highest BCUT2D eigenvalue weighted by Gasteiger charge is 2.16. The van der Waals surface area contributed by atoms with E-state index < -0.39 is 5.97 Å². The molecular weight excluding hydrogens is 442 g/mol. The molecule has 1 aromatic heterocycles. The summed E-state index contributed by atoms with van der Waals surface area (Å²) in [6.45, 7) is 6.20. The van der Waals surface area contributed by atoms with Crippen LogP contribution in [0.5, 0.6) is 0 Å². The Labute approximate surface area is 207 Å². The molecule has 35 heavy (non-hydrogen) atoms. The molecule has 0 saturated heterocycles. The number of aromatic nitrogens is 1. The third kappa shape index (κ3) is 7.13. The van der Waals surface area contributed by atoms with Gasteiger partial charge in [0.25, 0.3) is 5.69 Å². The number of unbranched alkanes of at least 4 members (excludes halogenated alkanes) is 9. The van der Waals surface area contributed by atoms with Crippen molar-refractivity contribution in [2.75, 3.05) is 0 Å². The Morgan fingerprint density at radius 3 is 2.06 bits per heavy atom. The average Bonchev–Trinajstić information content (AvgIpc) is 3.15. The standard InChI is InChI=1S/C28H37N3O4/c1-4-5-6-7-8-9-10-11-12-13-18-30-27-16-14-23(21(2)29-35-22(3)32)19-25(27)26-20-24(31(33)34)15-17-28(26)30/h14-17,19-20H,4-13,18H2,1-3H3. The molecule has 0 amide bonds. The number of hydrogen-bond acceptors (Lipinski definition) is 5. The number of nitrogens with zero attached hydrogens (tertiary/aromatic N) is 3. The zero-order valence-electron chi connectivity index (χ0n) is 21.2. The number of non-ortho nitro benzene ring substituents is 1. The first kappa shape index (κ1) is 26.4. The van der Waals surface area contributed by atoms with Crippen LogP contribution in [0.3, 0.4) is 0 Å². The second kappa shape index (κ2) is 13.0. The van der Waals surface area contributed by atoms with Crippen LogP contribution in [0.4, 0.5) is 5.69 Å². The summed E-state index contributed by atoms with van der Waals surface area (Å²) in [4.78, 5) is 27.0. The molecule has 0 unspecified atom stereocenters. The van der Waals surface area contributed by atoms with Crippen molar-refractivity contribution in [3.05, 3.63) is 52.1 Å². The van der Waals surface area contributed by atoms with Gasteiger partial charge in [0, 0.05) is 47.4 Å². The molecule has 0 aliphatic heterocycles. The van der Waals surface area contributed by atoms with Gasteiger partial charge in [0.05, 0.1) is 10.6 Å². The first-order chi connectivity index (χ1) is 16.9. The van der Waals surface area contributed by atoms with Gasteiger partial charge >= 0.3 is 5.97 Å². The van der Waals surface area contributed by atoms with Crippen LogP contribution in [0.2, 0.25) is 0 Å². The van der Waals surface area contributed by atoms with Crippen molar-refractivity contribution in [1.82, 2.24) is 4.57 Å². The van der Waals surface area contributed by atoms with Gasteiger partial charge in [0.15, 0.2) is 0 Å². The lowest BCUT2D eigenvalue weighted by atomic mass is 10.1. The fourth-order valence-corrected chi connectivity index (χ4v) is 4.61.